The van der Waals surface area contributed by atoms with E-state index in [2.05, 4.69) is 17.1 Å². The monoisotopic (exact) mass is 252 g/mol. The van der Waals surface area contributed by atoms with E-state index in [1.807, 2.05) is 0 Å². The van der Waals surface area contributed by atoms with Gasteiger partial charge in [-0.1, -0.05) is 0 Å². The fourth-order valence-corrected chi connectivity index (χ4v) is 2.08. The molecule has 3 nitrogen and oxygen atoms in total. The van der Waals surface area contributed by atoms with Crippen LogP contribution in [0.4, 0.5) is 10.1 Å². The van der Waals surface area contributed by atoms with Crippen molar-refractivity contribution in [3.63, 3.8) is 0 Å². The van der Waals surface area contributed by atoms with Crippen LogP contribution in [0.5, 0.6) is 0 Å². The minimum Gasteiger partial charge on any atom is -0.395 e. The number of benzene rings is 1. The Balaban J connectivity index is 1.96. The Kier molecular flexibility index (Phi) is 4.55. The fourth-order valence-electron chi connectivity index (χ4n) is 2.08. The zero-order valence-electron chi connectivity index (χ0n) is 10.8. The minimum atomic E-state index is -0.218. The third kappa shape index (κ3) is 3.68. The molecule has 18 heavy (non-hydrogen) atoms. The van der Waals surface area contributed by atoms with Crippen molar-refractivity contribution in [3.05, 3.63) is 30.1 Å². The Morgan fingerprint density at radius 2 is 2.06 bits per heavy atom. The summed E-state index contributed by atoms with van der Waals surface area (Å²) in [6.07, 6.45) is 2.42. The Hall–Kier alpha value is -1.13. The zero-order chi connectivity index (χ0) is 13.0. The van der Waals surface area contributed by atoms with Crippen LogP contribution in [-0.2, 0) is 0 Å². The van der Waals surface area contributed by atoms with Crippen molar-refractivity contribution in [2.24, 2.45) is 0 Å². The Morgan fingerprint density at radius 3 is 2.56 bits per heavy atom. The van der Waals surface area contributed by atoms with Gasteiger partial charge >= 0.3 is 0 Å². The third-order valence-electron chi connectivity index (χ3n) is 3.28. The standard InChI is InChI=1S/C14H21FN2O/c1-2-17(14-7-3-11(15)4-8-14)9-13(10-18)16-12-5-6-12/h3-4,7-8,12-13,16,18H,2,5-6,9-10H2,1H3. The van der Waals surface area contributed by atoms with Crippen LogP contribution in [0.1, 0.15) is 19.8 Å². The van der Waals surface area contributed by atoms with Crippen LogP contribution < -0.4 is 10.2 Å². The summed E-state index contributed by atoms with van der Waals surface area (Å²) in [4.78, 5) is 2.15. The molecule has 1 aliphatic carbocycles. The smallest absolute Gasteiger partial charge is 0.123 e. The topological polar surface area (TPSA) is 35.5 Å². The van der Waals surface area contributed by atoms with Gasteiger partial charge in [0.1, 0.15) is 5.82 Å². The maximum atomic E-state index is 12.9. The van der Waals surface area contributed by atoms with E-state index >= 15 is 0 Å². The van der Waals surface area contributed by atoms with Gasteiger partial charge in [0.2, 0.25) is 0 Å². The van der Waals surface area contributed by atoms with Gasteiger partial charge in [-0.2, -0.15) is 0 Å². The van der Waals surface area contributed by atoms with E-state index in [1.54, 1.807) is 12.1 Å². The number of nitrogens with zero attached hydrogens (tertiary/aromatic N) is 1. The lowest BCUT2D eigenvalue weighted by molar-refractivity contribution is 0.242. The number of aliphatic hydroxyl groups excluding tert-OH is 1. The number of anilines is 1. The molecule has 0 aliphatic heterocycles. The van der Waals surface area contributed by atoms with Gasteiger partial charge in [-0.15, -0.1) is 0 Å². The maximum Gasteiger partial charge on any atom is 0.123 e. The average molecular weight is 252 g/mol. The molecule has 1 saturated carbocycles. The Labute approximate surface area is 108 Å². The summed E-state index contributed by atoms with van der Waals surface area (Å²) in [7, 11) is 0. The lowest BCUT2D eigenvalue weighted by atomic mass is 10.2. The highest BCUT2D eigenvalue weighted by Gasteiger charge is 2.25. The van der Waals surface area contributed by atoms with Crippen molar-refractivity contribution >= 4 is 5.69 Å². The van der Waals surface area contributed by atoms with Crippen molar-refractivity contribution in [3.8, 4) is 0 Å². The van der Waals surface area contributed by atoms with E-state index in [4.69, 9.17) is 0 Å². The zero-order valence-corrected chi connectivity index (χ0v) is 10.8. The van der Waals surface area contributed by atoms with Gasteiger partial charge in [-0.05, 0) is 44.0 Å². The first-order valence-corrected chi connectivity index (χ1v) is 6.60. The van der Waals surface area contributed by atoms with Gasteiger partial charge in [0.15, 0.2) is 0 Å². The molecular formula is C14H21FN2O. The second kappa shape index (κ2) is 6.16. The van der Waals surface area contributed by atoms with Crippen LogP contribution >= 0.6 is 0 Å². The first-order chi connectivity index (χ1) is 8.72. The Bertz CT molecular complexity index is 365. The molecule has 0 bridgehead atoms. The van der Waals surface area contributed by atoms with Gasteiger partial charge in [0, 0.05) is 30.9 Å². The molecule has 4 heteroatoms. The first kappa shape index (κ1) is 13.3. The van der Waals surface area contributed by atoms with Crippen LogP contribution in [0.3, 0.4) is 0 Å². The van der Waals surface area contributed by atoms with Crippen LogP contribution in [0.2, 0.25) is 0 Å². The van der Waals surface area contributed by atoms with Crippen LogP contribution in [-0.4, -0.2) is 36.9 Å². The van der Waals surface area contributed by atoms with Gasteiger partial charge in [-0.25, -0.2) is 4.39 Å². The molecule has 2 N–H and O–H groups in total. The van der Waals surface area contributed by atoms with Crippen LogP contribution in [0, 0.1) is 5.82 Å². The number of aliphatic hydroxyl groups is 1. The highest BCUT2D eigenvalue weighted by Crippen LogP contribution is 2.20. The molecule has 0 aromatic heterocycles. The number of hydrogen-bond acceptors (Lipinski definition) is 3. The molecule has 1 aromatic rings. The summed E-state index contributed by atoms with van der Waals surface area (Å²) in [6, 6.07) is 7.17. The lowest BCUT2D eigenvalue weighted by Crippen LogP contribution is -2.44. The second-order valence-corrected chi connectivity index (χ2v) is 4.84. The molecule has 1 unspecified atom stereocenters. The molecular weight excluding hydrogens is 231 g/mol. The minimum absolute atomic E-state index is 0.0857. The van der Waals surface area contributed by atoms with Crippen molar-refractivity contribution in [1.29, 1.82) is 0 Å². The van der Waals surface area contributed by atoms with E-state index in [-0.39, 0.29) is 18.5 Å². The maximum absolute atomic E-state index is 12.9. The highest BCUT2D eigenvalue weighted by molar-refractivity contribution is 5.46. The number of rotatable bonds is 7. The second-order valence-electron chi connectivity index (χ2n) is 4.84. The molecule has 2 rings (SSSR count). The molecule has 0 heterocycles. The van der Waals surface area contributed by atoms with E-state index in [0.29, 0.717) is 6.04 Å². The number of nitrogens with one attached hydrogen (secondary N) is 1. The third-order valence-corrected chi connectivity index (χ3v) is 3.28. The van der Waals surface area contributed by atoms with Gasteiger partial charge in [0.05, 0.1) is 6.61 Å². The summed E-state index contributed by atoms with van der Waals surface area (Å²) >= 11 is 0. The van der Waals surface area contributed by atoms with Crippen molar-refractivity contribution in [2.75, 3.05) is 24.6 Å². The molecule has 1 aliphatic rings. The lowest BCUT2D eigenvalue weighted by Gasteiger charge is -2.28. The highest BCUT2D eigenvalue weighted by atomic mass is 19.1. The van der Waals surface area contributed by atoms with Gasteiger partial charge in [-0.3, -0.25) is 0 Å². The van der Waals surface area contributed by atoms with E-state index in [1.165, 1.54) is 25.0 Å². The van der Waals surface area contributed by atoms with Gasteiger partial charge < -0.3 is 15.3 Å². The normalized spacial score (nSPS) is 16.6. The molecule has 0 amide bonds. The largest absolute Gasteiger partial charge is 0.395 e. The van der Waals surface area contributed by atoms with Crippen LogP contribution in [0.25, 0.3) is 0 Å². The number of hydrogen-bond donors (Lipinski definition) is 2. The van der Waals surface area contributed by atoms with E-state index < -0.39 is 0 Å². The Morgan fingerprint density at radius 1 is 1.39 bits per heavy atom. The van der Waals surface area contributed by atoms with E-state index in [9.17, 15) is 9.50 Å². The average Bonchev–Trinajstić information content (AvgIpc) is 3.19. The van der Waals surface area contributed by atoms with Crippen molar-refractivity contribution < 1.29 is 9.50 Å². The molecule has 1 fully saturated rings. The fraction of sp³-hybridized carbons (Fsp3) is 0.571. The summed E-state index contributed by atoms with van der Waals surface area (Å²) in [5.74, 6) is -0.218. The molecule has 100 valence electrons. The molecule has 0 spiro atoms. The number of likely N-dealkylation sites (N-methyl/N-ethyl adjacent to an activating group) is 1. The summed E-state index contributed by atoms with van der Waals surface area (Å²) < 4.78 is 12.9. The summed E-state index contributed by atoms with van der Waals surface area (Å²) in [6.45, 7) is 3.78. The van der Waals surface area contributed by atoms with Gasteiger partial charge in [0.25, 0.3) is 0 Å². The first-order valence-electron chi connectivity index (χ1n) is 6.60. The quantitative estimate of drug-likeness (QED) is 0.776. The molecule has 1 atom stereocenters. The molecule has 0 radical (unpaired) electrons. The van der Waals surface area contributed by atoms with Crippen molar-refractivity contribution in [1.82, 2.24) is 5.32 Å². The van der Waals surface area contributed by atoms with E-state index in [0.717, 1.165) is 18.8 Å². The predicted molar refractivity (Wildman–Crippen MR) is 71.3 cm³/mol. The SMILES string of the molecule is CCN(CC(CO)NC1CC1)c1ccc(F)cc1. The summed E-state index contributed by atoms with van der Waals surface area (Å²) in [5, 5.41) is 12.8. The predicted octanol–water partition coefficient (Wildman–Crippen LogP) is 1.76. The van der Waals surface area contributed by atoms with Crippen molar-refractivity contribution in [2.45, 2.75) is 31.8 Å². The van der Waals surface area contributed by atoms with Crippen LogP contribution in [0.15, 0.2) is 24.3 Å². The number of halogens is 1. The molecule has 0 saturated heterocycles. The summed E-state index contributed by atoms with van der Waals surface area (Å²) in [5.41, 5.74) is 0.995. The molecule has 1 aromatic carbocycles.